The Bertz CT molecular complexity index is 1060. The molecule has 1 saturated heterocycles. The second-order valence-corrected chi connectivity index (χ2v) is 7.37. The number of aromatic nitrogens is 1. The number of hydrogen-bond acceptors (Lipinski definition) is 5. The number of β-amino-alcohol motifs (C(OH)–C–C–N with tert-alkyl or cyclic N) is 1. The molecule has 1 unspecified atom stereocenters. The lowest BCUT2D eigenvalue weighted by atomic mass is 10.1. The lowest BCUT2D eigenvalue weighted by Crippen LogP contribution is -2.23. The number of pyridine rings is 1. The molecule has 6 nitrogen and oxygen atoms in total. The Labute approximate surface area is 172 Å². The van der Waals surface area contributed by atoms with E-state index in [4.69, 9.17) is 11.6 Å². The molecule has 1 aliphatic heterocycles. The van der Waals surface area contributed by atoms with Crippen molar-refractivity contribution < 1.29 is 14.3 Å². The van der Waals surface area contributed by atoms with Crippen LogP contribution in [0.3, 0.4) is 0 Å². The molecule has 4 rings (SSSR count). The Morgan fingerprint density at radius 3 is 2.90 bits per heavy atom. The zero-order chi connectivity index (χ0) is 20.4. The highest BCUT2D eigenvalue weighted by Crippen LogP contribution is 2.32. The molecule has 2 heterocycles. The van der Waals surface area contributed by atoms with E-state index in [1.165, 1.54) is 12.1 Å². The van der Waals surface area contributed by atoms with Crippen molar-refractivity contribution in [3.05, 3.63) is 59.4 Å². The largest absolute Gasteiger partial charge is 0.391 e. The minimum absolute atomic E-state index is 0.0344. The zero-order valence-electron chi connectivity index (χ0n) is 15.5. The Balaban J connectivity index is 1.51. The summed E-state index contributed by atoms with van der Waals surface area (Å²) in [4.78, 5) is 19.1. The third kappa shape index (κ3) is 4.41. The average Bonchev–Trinajstić information content (AvgIpc) is 3.15. The number of aliphatic hydroxyl groups excluding tert-OH is 1. The molecule has 2 aromatic carbocycles. The molecule has 1 amide bonds. The van der Waals surface area contributed by atoms with Crippen molar-refractivity contribution in [2.45, 2.75) is 12.5 Å². The van der Waals surface area contributed by atoms with Gasteiger partial charge in [-0.05, 0) is 48.9 Å². The van der Waals surface area contributed by atoms with Crippen LogP contribution in [0.5, 0.6) is 0 Å². The van der Waals surface area contributed by atoms with E-state index in [1.807, 2.05) is 17.0 Å². The summed E-state index contributed by atoms with van der Waals surface area (Å²) in [5, 5.41) is 16.6. The third-order valence-electron chi connectivity index (χ3n) is 4.84. The van der Waals surface area contributed by atoms with Crippen LogP contribution in [0.25, 0.3) is 10.9 Å². The predicted molar refractivity (Wildman–Crippen MR) is 113 cm³/mol. The fourth-order valence-corrected chi connectivity index (χ4v) is 3.60. The van der Waals surface area contributed by atoms with Gasteiger partial charge in [0.25, 0.3) is 0 Å². The van der Waals surface area contributed by atoms with Gasteiger partial charge in [0.1, 0.15) is 11.6 Å². The molecular weight excluding hydrogens is 395 g/mol. The lowest BCUT2D eigenvalue weighted by molar-refractivity contribution is -0.114. The molecule has 3 aromatic rings. The summed E-state index contributed by atoms with van der Waals surface area (Å²) in [6.07, 6.45) is 0.387. The molecule has 29 heavy (non-hydrogen) atoms. The van der Waals surface area contributed by atoms with Gasteiger partial charge in [-0.1, -0.05) is 17.7 Å². The van der Waals surface area contributed by atoms with Gasteiger partial charge in [0.2, 0.25) is 5.91 Å². The summed E-state index contributed by atoms with van der Waals surface area (Å²) in [6, 6.07) is 13.1. The van der Waals surface area contributed by atoms with Crippen LogP contribution < -0.4 is 15.5 Å². The first-order valence-electron chi connectivity index (χ1n) is 9.31. The van der Waals surface area contributed by atoms with Crippen LogP contribution >= 0.6 is 11.6 Å². The number of aliphatic hydroxyl groups is 1. The summed E-state index contributed by atoms with van der Waals surface area (Å²) in [7, 11) is 0. The Morgan fingerprint density at radius 2 is 2.14 bits per heavy atom. The topological polar surface area (TPSA) is 77.5 Å². The van der Waals surface area contributed by atoms with Gasteiger partial charge in [-0.2, -0.15) is 0 Å². The smallest absolute Gasteiger partial charge is 0.243 e. The molecular formula is C21H20ClFN4O2. The average molecular weight is 415 g/mol. The number of carbonyl (C=O) groups excluding carboxylic acids is 1. The number of amides is 1. The number of halogens is 2. The molecule has 1 fully saturated rings. The predicted octanol–water partition coefficient (Wildman–Crippen LogP) is 3.65. The van der Waals surface area contributed by atoms with Crippen LogP contribution in [0, 0.1) is 5.82 Å². The zero-order valence-corrected chi connectivity index (χ0v) is 16.3. The second kappa shape index (κ2) is 8.23. The molecule has 1 aromatic heterocycles. The van der Waals surface area contributed by atoms with Gasteiger partial charge in [0.05, 0.1) is 28.9 Å². The number of carbonyl (C=O) groups is 1. The molecule has 8 heteroatoms. The van der Waals surface area contributed by atoms with Crippen molar-refractivity contribution in [1.82, 2.24) is 4.98 Å². The summed E-state index contributed by atoms with van der Waals surface area (Å²) in [5.74, 6) is 0.0942. The highest BCUT2D eigenvalue weighted by atomic mass is 35.5. The van der Waals surface area contributed by atoms with E-state index in [-0.39, 0.29) is 24.4 Å². The quantitative estimate of drug-likeness (QED) is 0.594. The number of nitrogens with one attached hydrogen (secondary N) is 2. The fraction of sp³-hybridized carbons (Fsp3) is 0.238. The maximum Gasteiger partial charge on any atom is 0.243 e. The van der Waals surface area contributed by atoms with E-state index < -0.39 is 0 Å². The second-order valence-electron chi connectivity index (χ2n) is 6.96. The van der Waals surface area contributed by atoms with Crippen molar-refractivity contribution in [1.29, 1.82) is 0 Å². The molecule has 0 aliphatic carbocycles. The number of benzene rings is 2. The van der Waals surface area contributed by atoms with E-state index >= 15 is 0 Å². The molecule has 150 valence electrons. The van der Waals surface area contributed by atoms with E-state index in [0.29, 0.717) is 28.5 Å². The van der Waals surface area contributed by atoms with Gasteiger partial charge < -0.3 is 20.6 Å². The monoisotopic (exact) mass is 414 g/mol. The van der Waals surface area contributed by atoms with Crippen LogP contribution in [0.2, 0.25) is 5.02 Å². The fourth-order valence-electron chi connectivity index (χ4n) is 3.38. The van der Waals surface area contributed by atoms with E-state index in [9.17, 15) is 14.3 Å². The van der Waals surface area contributed by atoms with Crippen LogP contribution in [-0.4, -0.2) is 41.7 Å². The number of rotatable bonds is 5. The van der Waals surface area contributed by atoms with E-state index in [2.05, 4.69) is 15.6 Å². The van der Waals surface area contributed by atoms with Crippen LogP contribution in [-0.2, 0) is 4.79 Å². The van der Waals surface area contributed by atoms with E-state index in [0.717, 1.165) is 24.2 Å². The standard InChI is InChI=1S/C21H20ClFN4O2/c22-17-5-6-18-16(4-7-19(25-18)27-9-8-15(28)12-27)21(17)26-20(29)11-24-14-3-1-2-13(23)10-14/h1-7,10,15,24,28H,8-9,11-12H2,(H,26,29). The van der Waals surface area contributed by atoms with Crippen LogP contribution in [0.15, 0.2) is 48.5 Å². The molecule has 0 saturated carbocycles. The Hall–Kier alpha value is -2.90. The number of anilines is 3. The molecule has 0 bridgehead atoms. The summed E-state index contributed by atoms with van der Waals surface area (Å²) >= 11 is 6.32. The van der Waals surface area contributed by atoms with Crippen molar-refractivity contribution in [3.8, 4) is 0 Å². The third-order valence-corrected chi connectivity index (χ3v) is 5.15. The number of fused-ring (bicyclic) bond motifs is 1. The van der Waals surface area contributed by atoms with Crippen molar-refractivity contribution in [2.24, 2.45) is 0 Å². The van der Waals surface area contributed by atoms with Gasteiger partial charge in [0.15, 0.2) is 0 Å². The highest BCUT2D eigenvalue weighted by Gasteiger charge is 2.22. The summed E-state index contributed by atoms with van der Waals surface area (Å²) < 4.78 is 13.2. The maximum atomic E-state index is 13.2. The first-order valence-corrected chi connectivity index (χ1v) is 9.69. The first-order chi connectivity index (χ1) is 14.0. The van der Waals surface area contributed by atoms with Crippen molar-refractivity contribution >= 4 is 45.6 Å². The minimum Gasteiger partial charge on any atom is -0.391 e. The Morgan fingerprint density at radius 1 is 1.28 bits per heavy atom. The maximum absolute atomic E-state index is 13.2. The summed E-state index contributed by atoms with van der Waals surface area (Å²) in [5.41, 5.74) is 1.70. The van der Waals surface area contributed by atoms with Crippen molar-refractivity contribution in [3.63, 3.8) is 0 Å². The molecule has 1 aliphatic rings. The minimum atomic E-state index is -0.375. The van der Waals surface area contributed by atoms with E-state index in [1.54, 1.807) is 24.3 Å². The molecule has 0 radical (unpaired) electrons. The first kappa shape index (κ1) is 19.4. The molecule has 1 atom stereocenters. The van der Waals surface area contributed by atoms with Gasteiger partial charge in [0, 0.05) is 24.2 Å². The number of hydrogen-bond donors (Lipinski definition) is 3. The van der Waals surface area contributed by atoms with Crippen LogP contribution in [0.1, 0.15) is 6.42 Å². The van der Waals surface area contributed by atoms with Gasteiger partial charge in [-0.3, -0.25) is 4.79 Å². The lowest BCUT2D eigenvalue weighted by Gasteiger charge is -2.18. The SMILES string of the molecule is O=C(CNc1cccc(F)c1)Nc1c(Cl)ccc2nc(N3CCC(O)C3)ccc12. The molecule has 3 N–H and O–H groups in total. The van der Waals surface area contributed by atoms with Crippen molar-refractivity contribution in [2.75, 3.05) is 35.2 Å². The van der Waals surface area contributed by atoms with Gasteiger partial charge in [-0.25, -0.2) is 9.37 Å². The van der Waals surface area contributed by atoms with Gasteiger partial charge in [-0.15, -0.1) is 0 Å². The summed E-state index contributed by atoms with van der Waals surface area (Å²) in [6.45, 7) is 1.28. The molecule has 0 spiro atoms. The van der Waals surface area contributed by atoms with Gasteiger partial charge >= 0.3 is 0 Å². The number of nitrogens with zero attached hydrogens (tertiary/aromatic N) is 2. The van der Waals surface area contributed by atoms with Crippen LogP contribution in [0.4, 0.5) is 21.6 Å². The normalized spacial score (nSPS) is 16.2. The highest BCUT2D eigenvalue weighted by molar-refractivity contribution is 6.35. The Kier molecular flexibility index (Phi) is 5.51.